The number of halogens is 1. The maximum atomic E-state index is 13.4. The third kappa shape index (κ3) is 3.51. The number of sulfonamides is 1. The second-order valence-electron chi connectivity index (χ2n) is 4.47. The van der Waals surface area contributed by atoms with Crippen LogP contribution in [-0.4, -0.2) is 26.0 Å². The maximum Gasteiger partial charge on any atom is 0.310 e. The number of nitrogens with one attached hydrogen (secondary N) is 1. The zero-order valence-electron chi connectivity index (χ0n) is 10.7. The van der Waals surface area contributed by atoms with Crippen LogP contribution in [0.3, 0.4) is 0 Å². The van der Waals surface area contributed by atoms with Gasteiger partial charge in [0, 0.05) is 6.54 Å². The summed E-state index contributed by atoms with van der Waals surface area (Å²) in [7, 11) is -4.06. The van der Waals surface area contributed by atoms with Gasteiger partial charge in [0.2, 0.25) is 10.0 Å². The van der Waals surface area contributed by atoms with Gasteiger partial charge in [0.25, 0.3) is 0 Å². The summed E-state index contributed by atoms with van der Waals surface area (Å²) in [6, 6.07) is 4.93. The smallest absolute Gasteiger partial charge is 0.310 e. The first-order valence-corrected chi connectivity index (χ1v) is 7.19. The van der Waals surface area contributed by atoms with Gasteiger partial charge in [0.05, 0.1) is 5.41 Å². The lowest BCUT2D eigenvalue weighted by molar-refractivity contribution is -0.147. The van der Waals surface area contributed by atoms with Gasteiger partial charge >= 0.3 is 5.97 Å². The summed E-state index contributed by atoms with van der Waals surface area (Å²) in [6.07, 6.45) is 0.252. The molecular formula is C12H16FNO4S. The van der Waals surface area contributed by atoms with Crippen LogP contribution in [0, 0.1) is 11.2 Å². The minimum absolute atomic E-state index is 0.252. The molecule has 0 spiro atoms. The number of hydrogen-bond acceptors (Lipinski definition) is 3. The minimum atomic E-state index is -4.06. The topological polar surface area (TPSA) is 83.5 Å². The quantitative estimate of drug-likeness (QED) is 0.833. The van der Waals surface area contributed by atoms with Gasteiger partial charge in [-0.05, 0) is 25.5 Å². The van der Waals surface area contributed by atoms with Crippen molar-refractivity contribution < 1.29 is 22.7 Å². The van der Waals surface area contributed by atoms with Crippen molar-refractivity contribution in [3.8, 4) is 0 Å². The van der Waals surface area contributed by atoms with Crippen molar-refractivity contribution in [1.82, 2.24) is 4.72 Å². The van der Waals surface area contributed by atoms with Crippen molar-refractivity contribution in [1.29, 1.82) is 0 Å². The molecule has 1 aromatic carbocycles. The Bertz CT molecular complexity index is 573. The summed E-state index contributed by atoms with van der Waals surface area (Å²) in [5.74, 6) is -1.98. The SMILES string of the molecule is CCC(C)(CNS(=O)(=O)c1ccccc1F)C(=O)O. The Hall–Kier alpha value is -1.47. The molecule has 1 aromatic rings. The van der Waals surface area contributed by atoms with Crippen molar-refractivity contribution in [3.63, 3.8) is 0 Å². The first-order valence-electron chi connectivity index (χ1n) is 5.70. The van der Waals surface area contributed by atoms with Crippen LogP contribution in [0.1, 0.15) is 20.3 Å². The van der Waals surface area contributed by atoms with Crippen molar-refractivity contribution in [2.75, 3.05) is 6.54 Å². The van der Waals surface area contributed by atoms with E-state index in [1.165, 1.54) is 19.1 Å². The molecular weight excluding hydrogens is 273 g/mol. The molecule has 0 bridgehead atoms. The zero-order valence-corrected chi connectivity index (χ0v) is 11.5. The van der Waals surface area contributed by atoms with Gasteiger partial charge < -0.3 is 5.11 Å². The zero-order chi connectivity index (χ0) is 14.7. The molecule has 0 fully saturated rings. The third-order valence-corrected chi connectivity index (χ3v) is 4.51. The summed E-state index contributed by atoms with van der Waals surface area (Å²) in [4.78, 5) is 10.6. The van der Waals surface area contributed by atoms with Crippen LogP contribution in [0.25, 0.3) is 0 Å². The lowest BCUT2D eigenvalue weighted by Crippen LogP contribution is -2.40. The highest BCUT2D eigenvalue weighted by Gasteiger charge is 2.33. The first kappa shape index (κ1) is 15.6. The molecule has 0 saturated carbocycles. The lowest BCUT2D eigenvalue weighted by Gasteiger charge is -2.23. The average molecular weight is 289 g/mol. The molecule has 0 aromatic heterocycles. The van der Waals surface area contributed by atoms with E-state index in [2.05, 4.69) is 4.72 Å². The maximum absolute atomic E-state index is 13.4. The van der Waals surface area contributed by atoms with Gasteiger partial charge in [-0.2, -0.15) is 0 Å². The van der Waals surface area contributed by atoms with Crippen molar-refractivity contribution in [2.45, 2.75) is 25.2 Å². The Labute approximate surface area is 111 Å². The number of aliphatic carboxylic acids is 1. The van der Waals surface area contributed by atoms with Crippen LogP contribution in [0.2, 0.25) is 0 Å². The van der Waals surface area contributed by atoms with Crippen molar-refractivity contribution >= 4 is 16.0 Å². The summed E-state index contributed by atoms with van der Waals surface area (Å²) in [6.45, 7) is 2.78. The van der Waals surface area contributed by atoms with E-state index >= 15 is 0 Å². The summed E-state index contributed by atoms with van der Waals surface area (Å²) < 4.78 is 39.3. The predicted molar refractivity (Wildman–Crippen MR) is 67.6 cm³/mol. The van der Waals surface area contributed by atoms with Crippen LogP contribution in [0.15, 0.2) is 29.2 Å². The molecule has 0 aliphatic heterocycles. The Balaban J connectivity index is 2.94. The number of benzene rings is 1. The largest absolute Gasteiger partial charge is 0.481 e. The van der Waals surface area contributed by atoms with Gasteiger partial charge in [-0.25, -0.2) is 17.5 Å². The Morgan fingerprint density at radius 1 is 1.42 bits per heavy atom. The molecule has 19 heavy (non-hydrogen) atoms. The van der Waals surface area contributed by atoms with E-state index in [0.717, 1.165) is 12.1 Å². The molecule has 0 radical (unpaired) electrons. The fraction of sp³-hybridized carbons (Fsp3) is 0.417. The molecule has 1 atom stereocenters. The Morgan fingerprint density at radius 3 is 2.47 bits per heavy atom. The monoisotopic (exact) mass is 289 g/mol. The van der Waals surface area contributed by atoms with Crippen LogP contribution >= 0.6 is 0 Å². The number of carboxylic acid groups (broad SMARTS) is 1. The van der Waals surface area contributed by atoms with Crippen LogP contribution in [0.4, 0.5) is 4.39 Å². The molecule has 5 nitrogen and oxygen atoms in total. The number of carboxylic acids is 1. The summed E-state index contributed by atoms with van der Waals surface area (Å²) >= 11 is 0. The van der Waals surface area contributed by atoms with E-state index in [-0.39, 0.29) is 13.0 Å². The van der Waals surface area contributed by atoms with Gasteiger partial charge in [0.15, 0.2) is 0 Å². The van der Waals surface area contributed by atoms with E-state index in [1.54, 1.807) is 6.92 Å². The van der Waals surface area contributed by atoms with Gasteiger partial charge in [-0.3, -0.25) is 4.79 Å². The fourth-order valence-electron chi connectivity index (χ4n) is 1.35. The molecule has 106 valence electrons. The number of carbonyl (C=O) groups is 1. The van der Waals surface area contributed by atoms with E-state index in [0.29, 0.717) is 0 Å². The Morgan fingerprint density at radius 2 is 2.00 bits per heavy atom. The number of hydrogen-bond donors (Lipinski definition) is 2. The van der Waals surface area contributed by atoms with Crippen molar-refractivity contribution in [3.05, 3.63) is 30.1 Å². The van der Waals surface area contributed by atoms with Gasteiger partial charge in [-0.15, -0.1) is 0 Å². The normalized spacial score (nSPS) is 14.9. The summed E-state index contributed by atoms with van der Waals surface area (Å²) in [5.41, 5.74) is -1.22. The molecule has 0 aliphatic carbocycles. The molecule has 0 saturated heterocycles. The highest BCUT2D eigenvalue weighted by molar-refractivity contribution is 7.89. The van der Waals surface area contributed by atoms with Crippen molar-refractivity contribution in [2.24, 2.45) is 5.41 Å². The van der Waals surface area contributed by atoms with Crippen LogP contribution < -0.4 is 4.72 Å². The molecule has 1 rings (SSSR count). The first-order chi connectivity index (χ1) is 8.73. The molecule has 1 unspecified atom stereocenters. The molecule has 0 heterocycles. The Kier molecular flexibility index (Phi) is 4.65. The average Bonchev–Trinajstić information content (AvgIpc) is 2.36. The molecule has 7 heteroatoms. The minimum Gasteiger partial charge on any atom is -0.481 e. The highest BCUT2D eigenvalue weighted by Crippen LogP contribution is 2.21. The standard InChI is InChI=1S/C12H16FNO4S/c1-3-12(2,11(15)16)8-14-19(17,18)10-7-5-4-6-9(10)13/h4-7,14H,3,8H2,1-2H3,(H,15,16). The highest BCUT2D eigenvalue weighted by atomic mass is 32.2. The van der Waals surface area contributed by atoms with E-state index in [4.69, 9.17) is 5.11 Å². The van der Waals surface area contributed by atoms with Gasteiger partial charge in [0.1, 0.15) is 10.7 Å². The number of rotatable bonds is 6. The second kappa shape index (κ2) is 5.66. The van der Waals surface area contributed by atoms with Crippen LogP contribution in [0.5, 0.6) is 0 Å². The van der Waals surface area contributed by atoms with E-state index in [9.17, 15) is 17.6 Å². The summed E-state index contributed by atoms with van der Waals surface area (Å²) in [5, 5.41) is 9.05. The fourth-order valence-corrected chi connectivity index (χ4v) is 2.59. The van der Waals surface area contributed by atoms with E-state index < -0.39 is 32.1 Å². The van der Waals surface area contributed by atoms with Gasteiger partial charge in [-0.1, -0.05) is 19.1 Å². The third-order valence-electron chi connectivity index (χ3n) is 3.08. The molecule has 0 amide bonds. The molecule has 0 aliphatic rings. The van der Waals surface area contributed by atoms with Crippen LogP contribution in [-0.2, 0) is 14.8 Å². The van der Waals surface area contributed by atoms with E-state index in [1.807, 2.05) is 0 Å². The second-order valence-corrected chi connectivity index (χ2v) is 6.21. The lowest BCUT2D eigenvalue weighted by atomic mass is 9.88. The predicted octanol–water partition coefficient (Wildman–Crippen LogP) is 1.60. The molecule has 2 N–H and O–H groups in total.